The fraction of sp³-hybridized carbons (Fsp3) is 0.0625. The molecule has 112 valence electrons. The van der Waals surface area contributed by atoms with E-state index in [0.717, 1.165) is 11.3 Å². The van der Waals surface area contributed by atoms with Crippen LogP contribution in [0.15, 0.2) is 72.0 Å². The topological polar surface area (TPSA) is 72.1 Å². The van der Waals surface area contributed by atoms with Crippen molar-refractivity contribution < 1.29 is 13.2 Å². The van der Waals surface area contributed by atoms with E-state index >= 15 is 0 Å². The fourth-order valence-corrected chi connectivity index (χ4v) is 3.05. The Bertz CT molecular complexity index is 844. The number of rotatable bonds is 5. The largest absolute Gasteiger partial charge is 0.477 e. The minimum Gasteiger partial charge on any atom is -0.477 e. The molecule has 5 nitrogen and oxygen atoms in total. The average molecular weight is 314 g/mol. The van der Waals surface area contributed by atoms with Gasteiger partial charge in [0, 0.05) is 5.56 Å². The van der Waals surface area contributed by atoms with E-state index in [2.05, 4.69) is 9.97 Å². The minimum absolute atomic E-state index is 0.244. The summed E-state index contributed by atoms with van der Waals surface area (Å²) in [6.07, 6.45) is 3.22. The van der Waals surface area contributed by atoms with Crippen molar-refractivity contribution in [3.8, 4) is 17.0 Å². The molecule has 0 amide bonds. The number of aromatic nitrogens is 2. The van der Waals surface area contributed by atoms with E-state index in [0.29, 0.717) is 5.75 Å². The van der Waals surface area contributed by atoms with Crippen LogP contribution in [0.1, 0.15) is 0 Å². The highest BCUT2D eigenvalue weighted by Crippen LogP contribution is 2.28. The highest BCUT2D eigenvalue weighted by molar-refractivity contribution is 7.91. The molecule has 0 aliphatic rings. The molecule has 1 N–H and O–H groups in total. The summed E-state index contributed by atoms with van der Waals surface area (Å²) >= 11 is 0. The Morgan fingerprint density at radius 2 is 1.73 bits per heavy atom. The van der Waals surface area contributed by atoms with Crippen molar-refractivity contribution >= 4 is 9.84 Å². The Morgan fingerprint density at radius 1 is 1.00 bits per heavy atom. The van der Waals surface area contributed by atoms with E-state index in [-0.39, 0.29) is 4.90 Å². The minimum atomic E-state index is -3.49. The molecule has 0 fully saturated rings. The Morgan fingerprint density at radius 3 is 2.45 bits per heavy atom. The lowest BCUT2D eigenvalue weighted by atomic mass is 10.1. The van der Waals surface area contributed by atoms with Gasteiger partial charge in [-0.1, -0.05) is 30.3 Å². The van der Waals surface area contributed by atoms with Crippen molar-refractivity contribution in [3.05, 3.63) is 67.1 Å². The molecule has 0 spiro atoms. The third kappa shape index (κ3) is 3.01. The number of nitrogens with zero attached hydrogens (tertiary/aromatic N) is 1. The Kier molecular flexibility index (Phi) is 3.93. The summed E-state index contributed by atoms with van der Waals surface area (Å²) in [5.41, 5.74) is 1.54. The van der Waals surface area contributed by atoms with Crippen LogP contribution in [0.2, 0.25) is 0 Å². The third-order valence-corrected chi connectivity index (χ3v) is 4.57. The number of aromatic amines is 1. The first-order valence-electron chi connectivity index (χ1n) is 6.65. The highest BCUT2D eigenvalue weighted by atomic mass is 32.2. The summed E-state index contributed by atoms with van der Waals surface area (Å²) in [5, 5.41) is 0. The molecule has 0 unspecified atom stereocenters. The lowest BCUT2D eigenvalue weighted by Gasteiger charge is -2.11. The van der Waals surface area contributed by atoms with Gasteiger partial charge in [-0.3, -0.25) is 0 Å². The van der Waals surface area contributed by atoms with Gasteiger partial charge in [0.1, 0.15) is 5.75 Å². The van der Waals surface area contributed by atoms with Gasteiger partial charge in [-0.05, 0) is 24.3 Å². The average Bonchev–Trinajstić information content (AvgIpc) is 3.08. The van der Waals surface area contributed by atoms with Gasteiger partial charge in [-0.2, -0.15) is 0 Å². The number of hydrogen-bond donors (Lipinski definition) is 1. The summed E-state index contributed by atoms with van der Waals surface area (Å²) < 4.78 is 30.1. The molecule has 0 aliphatic heterocycles. The van der Waals surface area contributed by atoms with Crippen LogP contribution in [0.3, 0.4) is 0 Å². The van der Waals surface area contributed by atoms with E-state index in [4.69, 9.17) is 4.74 Å². The Labute approximate surface area is 128 Å². The lowest BCUT2D eigenvalue weighted by molar-refractivity contribution is 0.378. The van der Waals surface area contributed by atoms with Crippen molar-refractivity contribution in [1.29, 1.82) is 0 Å². The summed E-state index contributed by atoms with van der Waals surface area (Å²) in [7, 11) is -3.49. The number of hydrogen-bond acceptors (Lipinski definition) is 4. The monoisotopic (exact) mass is 314 g/mol. The molecule has 1 heterocycles. The van der Waals surface area contributed by atoms with Crippen molar-refractivity contribution in [2.24, 2.45) is 0 Å². The molecular formula is C16H14N2O3S. The van der Waals surface area contributed by atoms with E-state index < -0.39 is 15.8 Å². The number of para-hydroxylation sites is 1. The van der Waals surface area contributed by atoms with Crippen LogP contribution in [-0.2, 0) is 9.84 Å². The van der Waals surface area contributed by atoms with E-state index in [9.17, 15) is 8.42 Å². The highest BCUT2D eigenvalue weighted by Gasteiger charge is 2.16. The van der Waals surface area contributed by atoms with Crippen molar-refractivity contribution in [1.82, 2.24) is 9.97 Å². The van der Waals surface area contributed by atoms with Crippen LogP contribution < -0.4 is 4.74 Å². The number of benzene rings is 2. The maximum Gasteiger partial charge on any atom is 0.213 e. The number of imidazole rings is 1. The first-order chi connectivity index (χ1) is 10.7. The summed E-state index contributed by atoms with van der Waals surface area (Å²) in [6.45, 7) is 0. The van der Waals surface area contributed by atoms with Gasteiger partial charge < -0.3 is 9.72 Å². The van der Waals surface area contributed by atoms with Crippen molar-refractivity contribution in [3.63, 3.8) is 0 Å². The smallest absolute Gasteiger partial charge is 0.213 e. The summed E-state index contributed by atoms with van der Waals surface area (Å²) in [5.74, 6) is 0.0774. The summed E-state index contributed by atoms with van der Waals surface area (Å²) in [6, 6.07) is 15.5. The predicted molar refractivity (Wildman–Crippen MR) is 83.1 cm³/mol. The zero-order valence-electron chi connectivity index (χ0n) is 11.6. The first-order valence-corrected chi connectivity index (χ1v) is 8.30. The van der Waals surface area contributed by atoms with Crippen LogP contribution in [0.5, 0.6) is 5.75 Å². The van der Waals surface area contributed by atoms with Crippen molar-refractivity contribution in [2.75, 3.05) is 5.94 Å². The van der Waals surface area contributed by atoms with Crippen LogP contribution >= 0.6 is 0 Å². The number of nitrogens with one attached hydrogen (secondary N) is 1. The maximum absolute atomic E-state index is 12.3. The fourth-order valence-electron chi connectivity index (χ4n) is 2.06. The van der Waals surface area contributed by atoms with Crippen LogP contribution in [-0.4, -0.2) is 24.3 Å². The molecule has 6 heteroatoms. The number of sulfone groups is 1. The molecule has 0 bridgehead atoms. The van der Waals surface area contributed by atoms with Crippen LogP contribution in [0.4, 0.5) is 0 Å². The van der Waals surface area contributed by atoms with Gasteiger partial charge in [-0.25, -0.2) is 13.4 Å². The van der Waals surface area contributed by atoms with E-state index in [1.807, 2.05) is 12.1 Å². The van der Waals surface area contributed by atoms with E-state index in [1.54, 1.807) is 55.0 Å². The van der Waals surface area contributed by atoms with Gasteiger partial charge in [0.25, 0.3) is 0 Å². The predicted octanol–water partition coefficient (Wildman–Crippen LogP) is 2.89. The van der Waals surface area contributed by atoms with Gasteiger partial charge in [0.2, 0.25) is 9.84 Å². The normalized spacial score (nSPS) is 11.3. The second-order valence-electron chi connectivity index (χ2n) is 4.65. The quantitative estimate of drug-likeness (QED) is 0.786. The molecule has 3 rings (SSSR count). The van der Waals surface area contributed by atoms with E-state index in [1.165, 1.54) is 0 Å². The maximum atomic E-state index is 12.3. The molecule has 1 aromatic heterocycles. The second kappa shape index (κ2) is 6.03. The molecule has 3 aromatic rings. The van der Waals surface area contributed by atoms with Gasteiger partial charge >= 0.3 is 0 Å². The van der Waals surface area contributed by atoms with Gasteiger partial charge in [0.05, 0.1) is 23.1 Å². The molecule has 0 atom stereocenters. The molecule has 0 saturated carbocycles. The first kappa shape index (κ1) is 14.3. The third-order valence-electron chi connectivity index (χ3n) is 3.15. The SMILES string of the molecule is O=S(=O)(COc1ccccc1-c1cnc[nH]1)c1ccccc1. The Hall–Kier alpha value is -2.60. The van der Waals surface area contributed by atoms with Gasteiger partial charge in [0.15, 0.2) is 5.94 Å². The van der Waals surface area contributed by atoms with Gasteiger partial charge in [-0.15, -0.1) is 0 Å². The second-order valence-corrected chi connectivity index (χ2v) is 6.59. The molecule has 0 aliphatic carbocycles. The van der Waals surface area contributed by atoms with Crippen LogP contribution in [0.25, 0.3) is 11.3 Å². The zero-order valence-corrected chi connectivity index (χ0v) is 12.5. The lowest BCUT2D eigenvalue weighted by Crippen LogP contribution is -2.12. The van der Waals surface area contributed by atoms with Crippen LogP contribution in [0, 0.1) is 0 Å². The Balaban J connectivity index is 1.83. The molecule has 22 heavy (non-hydrogen) atoms. The zero-order chi connectivity index (χ0) is 15.4. The number of H-pyrrole nitrogens is 1. The molecule has 0 radical (unpaired) electrons. The molecule has 2 aromatic carbocycles. The standard InChI is InChI=1S/C16H14N2O3S/c19-22(20,13-6-2-1-3-7-13)12-21-16-9-5-4-8-14(16)15-10-17-11-18-15/h1-11H,12H2,(H,17,18). The molecule has 0 saturated heterocycles. The molecular weight excluding hydrogens is 300 g/mol. The number of ether oxygens (including phenoxy) is 1. The van der Waals surface area contributed by atoms with Crippen molar-refractivity contribution in [2.45, 2.75) is 4.90 Å². The summed E-state index contributed by atoms with van der Waals surface area (Å²) in [4.78, 5) is 7.19.